The third kappa shape index (κ3) is 8.42. The van der Waals surface area contributed by atoms with Crippen LogP contribution in [0.4, 0.5) is 10.5 Å². The van der Waals surface area contributed by atoms with E-state index in [9.17, 15) is 13.2 Å². The summed E-state index contributed by atoms with van der Waals surface area (Å²) in [7, 11) is -6.09. The molecule has 7 nitrogen and oxygen atoms in total. The van der Waals surface area contributed by atoms with Crippen LogP contribution < -0.4 is 9.04 Å². The number of nitrogens with zero attached hydrogens (tertiary/aromatic N) is 1. The molecule has 1 unspecified atom stereocenters. The van der Waals surface area contributed by atoms with Gasteiger partial charge in [0.1, 0.15) is 24.7 Å². The van der Waals surface area contributed by atoms with Crippen LogP contribution in [0.5, 0.6) is 5.75 Å². The summed E-state index contributed by atoms with van der Waals surface area (Å²) >= 11 is 3.60. The number of alkyl halides is 1. The fourth-order valence-electron chi connectivity index (χ4n) is 4.43. The highest BCUT2D eigenvalue weighted by Gasteiger charge is 2.34. The Balaban J connectivity index is 2.04. The third-order valence-electron chi connectivity index (χ3n) is 6.98. The van der Waals surface area contributed by atoms with Crippen molar-refractivity contribution in [1.29, 1.82) is 0 Å². The van der Waals surface area contributed by atoms with Gasteiger partial charge in [0.2, 0.25) is 10.0 Å². The maximum atomic E-state index is 13.3. The highest BCUT2D eigenvalue weighted by Crippen LogP contribution is 2.38. The fourth-order valence-corrected chi connectivity index (χ4v) is 8.83. The first kappa shape index (κ1) is 31.9. The van der Waals surface area contributed by atoms with Gasteiger partial charge in [0, 0.05) is 5.33 Å². The lowest BCUT2D eigenvalue weighted by molar-refractivity contribution is 0.151. The molecule has 0 N–H and O–H groups in total. The van der Waals surface area contributed by atoms with Crippen molar-refractivity contribution in [3.05, 3.63) is 95.6 Å². The molecular formula is C30H38BrNO6SSi. The molecule has 216 valence electrons. The number of rotatable bonds is 14. The largest absolute Gasteiger partial charge is 0.487 e. The first-order valence-electron chi connectivity index (χ1n) is 13.4. The third-order valence-corrected chi connectivity index (χ3v) is 13.2. The summed E-state index contributed by atoms with van der Waals surface area (Å²) in [6.07, 6.45) is -0.356. The smallest absolute Gasteiger partial charge is 0.428 e. The van der Waals surface area contributed by atoms with Gasteiger partial charge in [0.15, 0.2) is 8.32 Å². The molecule has 40 heavy (non-hydrogen) atoms. The molecule has 0 aliphatic heterocycles. The minimum absolute atomic E-state index is 0.0731. The summed E-state index contributed by atoms with van der Waals surface area (Å²) in [5.41, 5.74) is 2.48. The fraction of sp³-hybridized carbons (Fsp3) is 0.367. The average Bonchev–Trinajstić information content (AvgIpc) is 2.97. The normalized spacial score (nSPS) is 12.5. The molecule has 0 bridgehead atoms. The lowest BCUT2D eigenvalue weighted by Gasteiger charge is -2.33. The minimum atomic E-state index is -4.09. The first-order chi connectivity index (χ1) is 19.2. The van der Waals surface area contributed by atoms with Crippen LogP contribution in [-0.2, 0) is 32.4 Å². The van der Waals surface area contributed by atoms with E-state index >= 15 is 0 Å². The van der Waals surface area contributed by atoms with Crippen LogP contribution in [0.2, 0.25) is 18.1 Å². The average molecular weight is 649 g/mol. The number of carbonyl (C=O) groups is 1. The van der Waals surface area contributed by atoms with Crippen LogP contribution in [-0.4, -0.2) is 34.4 Å². The molecule has 0 heterocycles. The molecule has 0 saturated heterocycles. The zero-order chi connectivity index (χ0) is 29.2. The molecule has 0 saturated carbocycles. The molecule has 3 rings (SSSR count). The van der Waals surface area contributed by atoms with E-state index in [0.29, 0.717) is 9.64 Å². The Bertz CT molecular complexity index is 1330. The van der Waals surface area contributed by atoms with E-state index in [4.69, 9.17) is 13.9 Å². The van der Waals surface area contributed by atoms with Gasteiger partial charge in [-0.3, -0.25) is 0 Å². The van der Waals surface area contributed by atoms with Crippen LogP contribution >= 0.6 is 15.9 Å². The van der Waals surface area contributed by atoms with Gasteiger partial charge in [-0.2, -0.15) is 4.31 Å². The quantitative estimate of drug-likeness (QED) is 0.131. The summed E-state index contributed by atoms with van der Waals surface area (Å²) in [5.74, 6) is 0.244. The van der Waals surface area contributed by atoms with Gasteiger partial charge in [-0.25, -0.2) is 13.2 Å². The van der Waals surface area contributed by atoms with Crippen LogP contribution in [0.15, 0.2) is 78.9 Å². The molecule has 3 aromatic carbocycles. The molecule has 0 aromatic heterocycles. The van der Waals surface area contributed by atoms with E-state index in [0.717, 1.165) is 41.1 Å². The Labute approximate surface area is 247 Å². The molecule has 3 aromatic rings. The Kier molecular flexibility index (Phi) is 11.8. The zero-order valence-corrected chi connectivity index (χ0v) is 26.9. The molecular weight excluding hydrogens is 610 g/mol. The number of carbonyl (C=O) groups excluding carboxylic acids is 1. The topological polar surface area (TPSA) is 82.1 Å². The van der Waals surface area contributed by atoms with Crippen LogP contribution in [0.25, 0.3) is 0 Å². The SMILES string of the molecule is CC[Si](CC)(CC)OC(CBr)c1ccc(OCc2ccccc2)c(N(C(=O)OCc2ccccc2)S(C)(=O)=O)c1. The molecule has 1 amide bonds. The number of ether oxygens (including phenoxy) is 2. The van der Waals surface area contributed by atoms with Crippen molar-refractivity contribution >= 4 is 46.1 Å². The van der Waals surface area contributed by atoms with E-state index < -0.39 is 24.4 Å². The highest BCUT2D eigenvalue weighted by atomic mass is 79.9. The summed E-state index contributed by atoms with van der Waals surface area (Å²) < 4.78 is 45.1. The predicted octanol–water partition coefficient (Wildman–Crippen LogP) is 7.83. The van der Waals surface area contributed by atoms with E-state index in [1.165, 1.54) is 0 Å². The van der Waals surface area contributed by atoms with Crippen molar-refractivity contribution in [2.45, 2.75) is 58.2 Å². The second-order valence-corrected chi connectivity index (χ2v) is 16.8. The van der Waals surface area contributed by atoms with Gasteiger partial charge < -0.3 is 13.9 Å². The molecule has 0 aliphatic carbocycles. The van der Waals surface area contributed by atoms with Crippen molar-refractivity contribution in [3.8, 4) is 5.75 Å². The van der Waals surface area contributed by atoms with Crippen LogP contribution in [0, 0.1) is 0 Å². The molecule has 0 fully saturated rings. The number of hydrogen-bond donors (Lipinski definition) is 0. The van der Waals surface area contributed by atoms with Crippen molar-refractivity contribution in [2.24, 2.45) is 0 Å². The van der Waals surface area contributed by atoms with E-state index in [1.807, 2.05) is 54.6 Å². The van der Waals surface area contributed by atoms with Gasteiger partial charge in [-0.15, -0.1) is 0 Å². The lowest BCUT2D eigenvalue weighted by atomic mass is 10.1. The maximum absolute atomic E-state index is 13.3. The molecule has 1 atom stereocenters. The van der Waals surface area contributed by atoms with Crippen LogP contribution in [0.3, 0.4) is 0 Å². The van der Waals surface area contributed by atoms with E-state index in [1.54, 1.807) is 24.3 Å². The highest BCUT2D eigenvalue weighted by molar-refractivity contribution is 9.09. The standard InChI is InChI=1S/C30H38BrNO6SSi/c1-5-40(6-2,7-3)38-29(21-31)26-18-19-28(36-22-24-14-10-8-11-15-24)27(20-26)32(39(4,34)35)30(33)37-23-25-16-12-9-13-17-25/h8-20,29H,5-7,21-23H2,1-4H3. The molecule has 0 radical (unpaired) electrons. The van der Waals surface area contributed by atoms with Crippen molar-refractivity contribution in [2.75, 3.05) is 15.9 Å². The summed E-state index contributed by atoms with van der Waals surface area (Å²) in [4.78, 5) is 13.3. The number of sulfonamides is 1. The predicted molar refractivity (Wildman–Crippen MR) is 166 cm³/mol. The number of halogens is 1. The first-order valence-corrected chi connectivity index (χ1v) is 18.9. The Morgan fingerprint density at radius 2 is 1.43 bits per heavy atom. The van der Waals surface area contributed by atoms with Gasteiger partial charge in [-0.05, 0) is 47.0 Å². The van der Waals surface area contributed by atoms with Gasteiger partial charge >= 0.3 is 6.09 Å². The Morgan fingerprint density at radius 1 is 0.875 bits per heavy atom. The van der Waals surface area contributed by atoms with Crippen molar-refractivity contribution in [1.82, 2.24) is 0 Å². The molecule has 10 heteroatoms. The zero-order valence-electron chi connectivity index (χ0n) is 23.5. The van der Waals surface area contributed by atoms with Crippen molar-refractivity contribution in [3.63, 3.8) is 0 Å². The minimum Gasteiger partial charge on any atom is -0.487 e. The second kappa shape index (κ2) is 14.8. The van der Waals surface area contributed by atoms with Gasteiger partial charge in [0.05, 0.1) is 12.4 Å². The van der Waals surface area contributed by atoms with E-state index in [2.05, 4.69) is 36.7 Å². The number of amides is 1. The number of hydrogen-bond acceptors (Lipinski definition) is 6. The number of anilines is 1. The summed E-state index contributed by atoms with van der Waals surface area (Å²) in [6.45, 7) is 6.59. The Hall–Kier alpha value is -2.66. The van der Waals surface area contributed by atoms with Crippen LogP contribution in [0.1, 0.15) is 43.6 Å². The van der Waals surface area contributed by atoms with Gasteiger partial charge in [0.25, 0.3) is 0 Å². The lowest BCUT2D eigenvalue weighted by Crippen LogP contribution is -2.38. The Morgan fingerprint density at radius 3 is 1.93 bits per heavy atom. The number of benzene rings is 3. The van der Waals surface area contributed by atoms with E-state index in [-0.39, 0.29) is 30.8 Å². The second-order valence-electron chi connectivity index (χ2n) is 9.57. The van der Waals surface area contributed by atoms with Crippen molar-refractivity contribution < 1.29 is 27.1 Å². The summed E-state index contributed by atoms with van der Waals surface area (Å²) in [6, 6.07) is 26.8. The van der Waals surface area contributed by atoms with Gasteiger partial charge in [-0.1, -0.05) is 103 Å². The summed E-state index contributed by atoms with van der Waals surface area (Å²) in [5, 5.41) is 0.517. The monoisotopic (exact) mass is 647 g/mol. The molecule has 0 spiro atoms. The maximum Gasteiger partial charge on any atom is 0.428 e. The molecule has 0 aliphatic rings.